The molecular weight excluding hydrogens is 1330 g/mol. The molecule has 0 atom stereocenters. The fourth-order valence-electron chi connectivity index (χ4n) is 18.3. The van der Waals surface area contributed by atoms with Crippen molar-refractivity contribution in [1.29, 1.82) is 0 Å². The van der Waals surface area contributed by atoms with E-state index in [1.807, 2.05) is 18.2 Å². The fraction of sp³-hybridized carbons (Fsp3) is 0. The SMILES string of the molecule is c1ccc2c(c1)-c1cccc3c(-c4nc(-n5c6cc7ccccc7cc6c6c(-n7c8ccccc8c8ccccc87)cccc65)nc5ccccc45)ccc-2c13.c1ccc2cc3c(cc2c1)c1c(-n2c4ccccc4c4ccccc42)cccc1n3-c1nc(-c2ccc3c(c2)oc2ccccc23)c2ccccc2n1. The fourth-order valence-corrected chi connectivity index (χ4v) is 18.3. The summed E-state index contributed by atoms with van der Waals surface area (Å²) in [7, 11) is 0. The molecule has 109 heavy (non-hydrogen) atoms. The van der Waals surface area contributed by atoms with Gasteiger partial charge >= 0.3 is 0 Å². The van der Waals surface area contributed by atoms with Crippen molar-refractivity contribution in [3.8, 4) is 68.0 Å². The maximum absolute atomic E-state index is 6.34. The van der Waals surface area contributed by atoms with Crippen LogP contribution in [0.1, 0.15) is 0 Å². The van der Waals surface area contributed by atoms with E-state index in [0.717, 1.165) is 116 Å². The Balaban J connectivity index is 0.000000128. The Morgan fingerprint density at radius 1 is 0.202 bits per heavy atom. The predicted molar refractivity (Wildman–Crippen MR) is 452 cm³/mol. The molecule has 1 aliphatic rings. The van der Waals surface area contributed by atoms with Crippen molar-refractivity contribution in [2.24, 2.45) is 0 Å². The summed E-state index contributed by atoms with van der Waals surface area (Å²) in [6, 6.07) is 126. The predicted octanol–water partition coefficient (Wildman–Crippen LogP) is 26.0. The molecule has 24 aromatic rings. The molecule has 0 aliphatic heterocycles. The largest absolute Gasteiger partial charge is 0.456 e. The van der Waals surface area contributed by atoms with Crippen molar-refractivity contribution in [2.45, 2.75) is 0 Å². The molecule has 1 aliphatic carbocycles. The van der Waals surface area contributed by atoms with Crippen LogP contribution in [0, 0.1) is 0 Å². The number of furan rings is 1. The topological polar surface area (TPSA) is 84.4 Å². The van der Waals surface area contributed by atoms with Crippen LogP contribution < -0.4 is 0 Å². The van der Waals surface area contributed by atoms with Crippen molar-refractivity contribution in [3.63, 3.8) is 0 Å². The Hall–Kier alpha value is -14.8. The van der Waals surface area contributed by atoms with Crippen molar-refractivity contribution in [2.75, 3.05) is 0 Å². The molecule has 0 bridgehead atoms. The highest BCUT2D eigenvalue weighted by Gasteiger charge is 2.28. The zero-order chi connectivity index (χ0) is 71.1. The van der Waals surface area contributed by atoms with Crippen LogP contribution in [0.3, 0.4) is 0 Å². The van der Waals surface area contributed by atoms with Crippen LogP contribution in [0.2, 0.25) is 0 Å². The van der Waals surface area contributed by atoms with E-state index in [2.05, 4.69) is 352 Å². The quantitative estimate of drug-likeness (QED) is 0.166. The number of fused-ring (bicyclic) bond motifs is 22. The number of benzene rings is 17. The monoisotopic (exact) mass is 1390 g/mol. The second kappa shape index (κ2) is 22.9. The van der Waals surface area contributed by atoms with Gasteiger partial charge in [0.1, 0.15) is 11.2 Å². The molecule has 9 nitrogen and oxygen atoms in total. The Bertz CT molecular complexity index is 7950. The van der Waals surface area contributed by atoms with Crippen molar-refractivity contribution < 1.29 is 4.42 Å². The van der Waals surface area contributed by atoms with E-state index in [1.165, 1.54) is 104 Å². The number of para-hydroxylation sites is 7. The smallest absolute Gasteiger partial charge is 0.235 e. The lowest BCUT2D eigenvalue weighted by molar-refractivity contribution is 0.669. The van der Waals surface area contributed by atoms with Crippen LogP contribution in [0.4, 0.5) is 0 Å². The number of nitrogens with zero attached hydrogens (tertiary/aromatic N) is 8. The number of hydrogen-bond acceptors (Lipinski definition) is 5. The van der Waals surface area contributed by atoms with Crippen LogP contribution in [0.15, 0.2) is 356 Å². The lowest BCUT2D eigenvalue weighted by atomic mass is 9.95. The minimum absolute atomic E-state index is 0.623. The summed E-state index contributed by atoms with van der Waals surface area (Å²) in [5, 5.41) is 21.0. The molecule has 17 aromatic carbocycles. The first-order valence-electron chi connectivity index (χ1n) is 37.1. The summed E-state index contributed by atoms with van der Waals surface area (Å²) in [5.41, 5.74) is 23.7. The van der Waals surface area contributed by atoms with E-state index in [9.17, 15) is 0 Å². The molecule has 25 rings (SSSR count). The standard InChI is InChI=1S/C52H30N4.C48H28N4O/c1-2-14-32-30-48-42(29-31(32)13-1)50-46(55-44-23-9-6-17-35(44)36-18-7-10-24-45(36)55)25-12-26-47(50)56(48)52-53-43-22-8-5-19-41(43)51(54-52)40-28-27-39-34-16-4-3-15-33(34)37-20-11-21-38(40)49(37)39;1-2-13-30-27-43-37(26-29(30)12-1)46-41(51-39-19-8-4-14-32(39)33-15-5-9-20-40(33)51)21-11-22-42(46)52(43)48-49-38-18-7-3-17-36(38)47(50-48)31-24-25-35-34-16-6-10-23-44(34)53-45(35)28-31/h1-30H;1-28H. The van der Waals surface area contributed by atoms with Gasteiger partial charge in [-0.05, 0) is 158 Å². The zero-order valence-corrected chi connectivity index (χ0v) is 58.5. The maximum atomic E-state index is 6.34. The summed E-state index contributed by atoms with van der Waals surface area (Å²) >= 11 is 0. The van der Waals surface area contributed by atoms with Crippen molar-refractivity contribution >= 4 is 163 Å². The first kappa shape index (κ1) is 59.6. The Morgan fingerprint density at radius 2 is 0.587 bits per heavy atom. The lowest BCUT2D eigenvalue weighted by Gasteiger charge is -2.14. The Morgan fingerprint density at radius 3 is 1.13 bits per heavy atom. The molecule has 0 fully saturated rings. The molecule has 0 N–H and O–H groups in total. The van der Waals surface area contributed by atoms with Gasteiger partial charge in [-0.15, -0.1) is 0 Å². The molecule has 504 valence electrons. The van der Waals surface area contributed by atoms with Crippen molar-refractivity contribution in [1.82, 2.24) is 38.2 Å². The highest BCUT2D eigenvalue weighted by molar-refractivity contribution is 6.23. The van der Waals surface area contributed by atoms with Crippen LogP contribution in [0.5, 0.6) is 0 Å². The summed E-state index contributed by atoms with van der Waals surface area (Å²) < 4.78 is 15.7. The highest BCUT2D eigenvalue weighted by Crippen LogP contribution is 2.51. The first-order valence-corrected chi connectivity index (χ1v) is 37.1. The number of hydrogen-bond donors (Lipinski definition) is 0. The van der Waals surface area contributed by atoms with Gasteiger partial charge in [0.15, 0.2) is 0 Å². The van der Waals surface area contributed by atoms with Gasteiger partial charge in [0.25, 0.3) is 0 Å². The number of rotatable bonds is 6. The number of aromatic nitrogens is 8. The zero-order valence-electron chi connectivity index (χ0n) is 58.5. The molecule has 0 unspecified atom stereocenters. The molecule has 0 saturated heterocycles. The van der Waals surface area contributed by atoms with Crippen molar-refractivity contribution in [3.05, 3.63) is 352 Å². The summed E-state index contributed by atoms with van der Waals surface area (Å²) in [6.07, 6.45) is 0. The summed E-state index contributed by atoms with van der Waals surface area (Å²) in [4.78, 5) is 21.7. The Labute approximate surface area is 621 Å². The third kappa shape index (κ3) is 8.66. The molecular formula is C100H58N8O. The van der Waals surface area contributed by atoms with Gasteiger partial charge in [-0.3, -0.25) is 9.13 Å². The first-order chi connectivity index (χ1) is 54.1. The third-order valence-electron chi connectivity index (χ3n) is 23.0. The molecule has 0 saturated carbocycles. The van der Waals surface area contributed by atoms with E-state index in [4.69, 9.17) is 24.4 Å². The lowest BCUT2D eigenvalue weighted by Crippen LogP contribution is -2.04. The van der Waals surface area contributed by atoms with Crippen LogP contribution >= 0.6 is 0 Å². The van der Waals surface area contributed by atoms with E-state index in [-0.39, 0.29) is 0 Å². The van der Waals surface area contributed by atoms with Gasteiger partial charge in [-0.1, -0.05) is 249 Å². The minimum atomic E-state index is 0.623. The van der Waals surface area contributed by atoms with Crippen LogP contribution in [-0.2, 0) is 0 Å². The van der Waals surface area contributed by atoms with Crippen LogP contribution in [-0.4, -0.2) is 38.2 Å². The average Bonchev–Trinajstić information content (AvgIpc) is 1.56. The van der Waals surface area contributed by atoms with E-state index >= 15 is 0 Å². The molecule has 7 aromatic heterocycles. The van der Waals surface area contributed by atoms with Gasteiger partial charge < -0.3 is 13.6 Å². The minimum Gasteiger partial charge on any atom is -0.456 e. The van der Waals surface area contributed by atoms with E-state index < -0.39 is 0 Å². The third-order valence-corrected chi connectivity index (χ3v) is 23.0. The average molecular weight is 1390 g/mol. The maximum Gasteiger partial charge on any atom is 0.235 e. The van der Waals surface area contributed by atoms with Gasteiger partial charge in [0.2, 0.25) is 11.9 Å². The molecule has 0 spiro atoms. The molecule has 9 heteroatoms. The van der Waals surface area contributed by atoms with Crippen LogP contribution in [0.25, 0.3) is 231 Å². The molecule has 0 radical (unpaired) electrons. The highest BCUT2D eigenvalue weighted by atomic mass is 16.3. The second-order valence-electron chi connectivity index (χ2n) is 28.7. The van der Waals surface area contributed by atoms with Gasteiger partial charge in [-0.25, -0.2) is 19.9 Å². The van der Waals surface area contributed by atoms with E-state index in [0.29, 0.717) is 11.9 Å². The second-order valence-corrected chi connectivity index (χ2v) is 28.7. The Kier molecular flexibility index (Phi) is 12.5. The van der Waals surface area contributed by atoms with Gasteiger partial charge in [-0.2, -0.15) is 0 Å². The van der Waals surface area contributed by atoms with Gasteiger partial charge in [0, 0.05) is 75.8 Å². The molecule has 0 amide bonds. The normalized spacial score (nSPS) is 12.2. The van der Waals surface area contributed by atoms with E-state index in [1.54, 1.807) is 0 Å². The van der Waals surface area contributed by atoms with Gasteiger partial charge in [0.05, 0.1) is 77.9 Å². The molecule has 7 heterocycles. The summed E-state index contributed by atoms with van der Waals surface area (Å²) in [5.74, 6) is 1.28. The summed E-state index contributed by atoms with van der Waals surface area (Å²) in [6.45, 7) is 0.